The number of anilines is 1. The minimum atomic E-state index is -0.771. The Hall–Kier alpha value is -1.69. The average molecular weight is 346 g/mol. The van der Waals surface area contributed by atoms with Crippen LogP contribution in [0.25, 0.3) is 0 Å². The molecule has 0 aromatic carbocycles. The zero-order valence-corrected chi connectivity index (χ0v) is 15.2. The van der Waals surface area contributed by atoms with Gasteiger partial charge in [0.05, 0.1) is 17.7 Å². The standard InChI is InChI=1S/C19H30N4O2/c1-20-18-16(21-9-10-22-18)12-15-6-5-11-23(14-15)17(24)13-19(25)7-3-2-4-8-19/h9-10,15,25H,2-8,11-14H2,1H3,(H,20,22)/t15-/m1/s1. The van der Waals surface area contributed by atoms with Gasteiger partial charge in [0, 0.05) is 32.5 Å². The first-order valence-corrected chi connectivity index (χ1v) is 9.57. The molecule has 1 saturated carbocycles. The zero-order valence-electron chi connectivity index (χ0n) is 15.2. The van der Waals surface area contributed by atoms with Crippen molar-refractivity contribution in [2.75, 3.05) is 25.5 Å². The summed E-state index contributed by atoms with van der Waals surface area (Å²) in [5.74, 6) is 1.34. The van der Waals surface area contributed by atoms with E-state index in [2.05, 4.69) is 15.3 Å². The van der Waals surface area contributed by atoms with Gasteiger partial charge in [-0.15, -0.1) is 0 Å². The Labute approximate surface area is 150 Å². The van der Waals surface area contributed by atoms with E-state index in [4.69, 9.17) is 0 Å². The van der Waals surface area contributed by atoms with Gasteiger partial charge in [0.15, 0.2) is 0 Å². The average Bonchev–Trinajstić information content (AvgIpc) is 2.62. The number of piperidine rings is 1. The highest BCUT2D eigenvalue weighted by molar-refractivity contribution is 5.77. The molecule has 1 aromatic heterocycles. The van der Waals surface area contributed by atoms with Crippen molar-refractivity contribution >= 4 is 11.7 Å². The van der Waals surface area contributed by atoms with Gasteiger partial charge in [-0.3, -0.25) is 9.78 Å². The number of hydrogen-bond acceptors (Lipinski definition) is 5. The van der Waals surface area contributed by atoms with E-state index in [1.54, 1.807) is 12.4 Å². The maximum Gasteiger partial charge on any atom is 0.225 e. The van der Waals surface area contributed by atoms with E-state index in [1.165, 1.54) is 6.42 Å². The van der Waals surface area contributed by atoms with Crippen molar-refractivity contribution in [1.82, 2.24) is 14.9 Å². The lowest BCUT2D eigenvalue weighted by Gasteiger charge is -2.37. The normalized spacial score (nSPS) is 23.3. The van der Waals surface area contributed by atoms with Crippen LogP contribution < -0.4 is 5.32 Å². The van der Waals surface area contributed by atoms with Gasteiger partial charge in [-0.2, -0.15) is 0 Å². The summed E-state index contributed by atoms with van der Waals surface area (Å²) in [6.45, 7) is 1.57. The highest BCUT2D eigenvalue weighted by Crippen LogP contribution is 2.32. The minimum absolute atomic E-state index is 0.113. The molecule has 1 aliphatic carbocycles. The molecule has 1 saturated heterocycles. The van der Waals surface area contributed by atoms with Gasteiger partial charge in [-0.1, -0.05) is 19.3 Å². The molecule has 2 fully saturated rings. The van der Waals surface area contributed by atoms with Crippen molar-refractivity contribution in [1.29, 1.82) is 0 Å². The van der Waals surface area contributed by atoms with Crippen molar-refractivity contribution in [2.24, 2.45) is 5.92 Å². The molecule has 0 bridgehead atoms. The molecule has 1 aromatic rings. The first kappa shape index (κ1) is 18.1. The summed E-state index contributed by atoms with van der Waals surface area (Å²) < 4.78 is 0. The Kier molecular flexibility index (Phi) is 5.89. The smallest absolute Gasteiger partial charge is 0.225 e. The summed E-state index contributed by atoms with van der Waals surface area (Å²) in [6, 6.07) is 0. The van der Waals surface area contributed by atoms with Crippen LogP contribution in [0.1, 0.15) is 57.1 Å². The fourth-order valence-electron chi connectivity index (χ4n) is 4.24. The first-order chi connectivity index (χ1) is 12.1. The quantitative estimate of drug-likeness (QED) is 0.856. The molecule has 2 heterocycles. The number of nitrogens with one attached hydrogen (secondary N) is 1. The van der Waals surface area contributed by atoms with Gasteiger partial charge in [0.25, 0.3) is 0 Å². The number of carbonyl (C=O) groups is 1. The number of aliphatic hydroxyl groups is 1. The molecule has 6 nitrogen and oxygen atoms in total. The zero-order chi connectivity index (χ0) is 17.7. The number of likely N-dealkylation sites (tertiary alicyclic amines) is 1. The maximum absolute atomic E-state index is 12.7. The van der Waals surface area contributed by atoms with Crippen LogP contribution in [0, 0.1) is 5.92 Å². The number of rotatable bonds is 5. The van der Waals surface area contributed by atoms with Crippen LogP contribution >= 0.6 is 0 Å². The second-order valence-electron chi connectivity index (χ2n) is 7.62. The summed E-state index contributed by atoms with van der Waals surface area (Å²) in [7, 11) is 1.86. The number of carbonyl (C=O) groups excluding carboxylic acids is 1. The molecule has 25 heavy (non-hydrogen) atoms. The molecule has 6 heteroatoms. The van der Waals surface area contributed by atoms with Gasteiger partial charge < -0.3 is 15.3 Å². The molecular weight excluding hydrogens is 316 g/mol. The molecule has 2 N–H and O–H groups in total. The Balaban J connectivity index is 1.58. The molecule has 1 amide bonds. The van der Waals surface area contributed by atoms with Gasteiger partial charge in [0.2, 0.25) is 5.91 Å². The highest BCUT2D eigenvalue weighted by atomic mass is 16.3. The fourth-order valence-corrected chi connectivity index (χ4v) is 4.24. The number of nitrogens with zero attached hydrogens (tertiary/aromatic N) is 3. The highest BCUT2D eigenvalue weighted by Gasteiger charge is 2.34. The Morgan fingerprint density at radius 3 is 2.80 bits per heavy atom. The van der Waals surface area contributed by atoms with Crippen molar-refractivity contribution in [3.8, 4) is 0 Å². The summed E-state index contributed by atoms with van der Waals surface area (Å²) in [5.41, 5.74) is 0.196. The van der Waals surface area contributed by atoms with Crippen molar-refractivity contribution in [2.45, 2.75) is 63.4 Å². The molecule has 2 aliphatic rings. The van der Waals surface area contributed by atoms with Crippen molar-refractivity contribution < 1.29 is 9.90 Å². The Morgan fingerprint density at radius 1 is 1.28 bits per heavy atom. The van der Waals surface area contributed by atoms with Crippen molar-refractivity contribution in [3.05, 3.63) is 18.1 Å². The number of hydrogen-bond donors (Lipinski definition) is 2. The van der Waals surface area contributed by atoms with E-state index in [0.29, 0.717) is 5.92 Å². The SMILES string of the molecule is CNc1nccnc1C[C@H]1CCCN(C(=O)CC2(O)CCCCC2)C1. The third kappa shape index (κ3) is 4.69. The van der Waals surface area contributed by atoms with E-state index in [1.807, 2.05) is 11.9 Å². The summed E-state index contributed by atoms with van der Waals surface area (Å²) >= 11 is 0. The molecule has 0 unspecified atom stereocenters. The van der Waals surface area contributed by atoms with E-state index in [0.717, 1.165) is 69.5 Å². The van der Waals surface area contributed by atoms with Gasteiger partial charge in [-0.05, 0) is 38.0 Å². The molecule has 3 rings (SSSR count). The molecule has 1 atom stereocenters. The predicted molar refractivity (Wildman–Crippen MR) is 97.2 cm³/mol. The van der Waals surface area contributed by atoms with Crippen LogP contribution in [0.15, 0.2) is 12.4 Å². The van der Waals surface area contributed by atoms with Gasteiger partial charge in [-0.25, -0.2) is 4.98 Å². The van der Waals surface area contributed by atoms with E-state index in [-0.39, 0.29) is 12.3 Å². The van der Waals surface area contributed by atoms with Crippen LogP contribution in [-0.2, 0) is 11.2 Å². The lowest BCUT2D eigenvalue weighted by atomic mass is 9.82. The van der Waals surface area contributed by atoms with E-state index >= 15 is 0 Å². The van der Waals surface area contributed by atoms with E-state index in [9.17, 15) is 9.90 Å². The van der Waals surface area contributed by atoms with Crippen LogP contribution in [-0.4, -0.2) is 51.6 Å². The summed E-state index contributed by atoms with van der Waals surface area (Å²) in [5, 5.41) is 13.8. The second kappa shape index (κ2) is 8.13. The minimum Gasteiger partial charge on any atom is -0.389 e. The topological polar surface area (TPSA) is 78.4 Å². The summed E-state index contributed by atoms with van der Waals surface area (Å²) in [4.78, 5) is 23.4. The van der Waals surface area contributed by atoms with Gasteiger partial charge in [0.1, 0.15) is 5.82 Å². The van der Waals surface area contributed by atoms with Crippen LogP contribution in [0.4, 0.5) is 5.82 Å². The lowest BCUT2D eigenvalue weighted by molar-refractivity contribution is -0.139. The van der Waals surface area contributed by atoms with Crippen LogP contribution in [0.3, 0.4) is 0 Å². The molecule has 0 radical (unpaired) electrons. The second-order valence-corrected chi connectivity index (χ2v) is 7.62. The third-order valence-corrected chi connectivity index (χ3v) is 5.63. The van der Waals surface area contributed by atoms with Crippen molar-refractivity contribution in [3.63, 3.8) is 0 Å². The number of amides is 1. The molecule has 1 aliphatic heterocycles. The summed E-state index contributed by atoms with van der Waals surface area (Å²) in [6.07, 6.45) is 11.4. The number of aromatic nitrogens is 2. The van der Waals surface area contributed by atoms with Crippen LogP contribution in [0.5, 0.6) is 0 Å². The Bertz CT molecular complexity index is 587. The fraction of sp³-hybridized carbons (Fsp3) is 0.737. The Morgan fingerprint density at radius 2 is 2.04 bits per heavy atom. The maximum atomic E-state index is 12.7. The molecule has 0 spiro atoms. The van der Waals surface area contributed by atoms with E-state index < -0.39 is 5.60 Å². The monoisotopic (exact) mass is 346 g/mol. The van der Waals surface area contributed by atoms with Crippen LogP contribution in [0.2, 0.25) is 0 Å². The van der Waals surface area contributed by atoms with Gasteiger partial charge >= 0.3 is 0 Å². The third-order valence-electron chi connectivity index (χ3n) is 5.63. The largest absolute Gasteiger partial charge is 0.389 e. The predicted octanol–water partition coefficient (Wildman–Crippen LogP) is 2.38. The molecular formula is C19H30N4O2. The lowest BCUT2D eigenvalue weighted by Crippen LogP contribution is -2.45. The first-order valence-electron chi connectivity index (χ1n) is 9.57. The molecule has 138 valence electrons.